The first kappa shape index (κ1) is 18.3. The molecule has 5 nitrogen and oxygen atoms in total. The number of nitrogens with zero attached hydrogens (tertiary/aromatic N) is 1. The van der Waals surface area contributed by atoms with E-state index in [0.29, 0.717) is 11.6 Å². The second-order valence-corrected chi connectivity index (χ2v) is 6.86. The lowest BCUT2D eigenvalue weighted by Crippen LogP contribution is -2.25. The van der Waals surface area contributed by atoms with Crippen LogP contribution in [0.1, 0.15) is 37.9 Å². The molecule has 2 aromatic rings. The third-order valence-corrected chi connectivity index (χ3v) is 4.73. The van der Waals surface area contributed by atoms with Crippen LogP contribution in [-0.2, 0) is 11.2 Å². The minimum atomic E-state index is -0.314. The molecule has 0 bridgehead atoms. The highest BCUT2D eigenvalue weighted by atomic mass is 32.2. The highest BCUT2D eigenvalue weighted by Gasteiger charge is 2.19. The van der Waals surface area contributed by atoms with Crippen LogP contribution in [0.15, 0.2) is 40.3 Å². The Kier molecular flexibility index (Phi) is 6.61. The number of nitrogens with one attached hydrogen (secondary N) is 2. The molecule has 1 atom stereocenters. The number of hydrogen-bond acceptors (Lipinski definition) is 4. The standard InChI is InChI=1S/C18H23N3O2S/c1-4-7-13-11-16(22)21-18(20-13)24-15(5-2)17(23)19-14-9-6-8-12(3)10-14/h6,8-11,15H,4-5,7H2,1-3H3,(H,19,23)(H,20,21,22). The molecule has 6 heteroatoms. The fourth-order valence-electron chi connectivity index (χ4n) is 2.33. The minimum absolute atomic E-state index is 0.0864. The highest BCUT2D eigenvalue weighted by molar-refractivity contribution is 8.00. The predicted molar refractivity (Wildman–Crippen MR) is 98.6 cm³/mol. The van der Waals surface area contributed by atoms with Crippen LogP contribution in [0.2, 0.25) is 0 Å². The molecule has 1 amide bonds. The number of amides is 1. The number of carbonyl (C=O) groups is 1. The first-order chi connectivity index (χ1) is 11.5. The van der Waals surface area contributed by atoms with Crippen molar-refractivity contribution < 1.29 is 4.79 Å². The van der Waals surface area contributed by atoms with E-state index in [4.69, 9.17) is 0 Å². The number of anilines is 1. The molecule has 2 rings (SSSR count). The number of thioether (sulfide) groups is 1. The fraction of sp³-hybridized carbons (Fsp3) is 0.389. The number of rotatable bonds is 7. The molecule has 0 saturated heterocycles. The summed E-state index contributed by atoms with van der Waals surface area (Å²) in [4.78, 5) is 31.4. The molecule has 1 unspecified atom stereocenters. The summed E-state index contributed by atoms with van der Waals surface area (Å²) >= 11 is 1.30. The van der Waals surface area contributed by atoms with Gasteiger partial charge in [0.05, 0.1) is 5.25 Å². The number of H-pyrrole nitrogens is 1. The molecular weight excluding hydrogens is 322 g/mol. The van der Waals surface area contributed by atoms with E-state index in [1.165, 1.54) is 17.8 Å². The van der Waals surface area contributed by atoms with Crippen molar-refractivity contribution in [2.24, 2.45) is 0 Å². The Morgan fingerprint density at radius 1 is 1.33 bits per heavy atom. The van der Waals surface area contributed by atoms with Crippen molar-refractivity contribution in [2.75, 3.05) is 5.32 Å². The number of hydrogen-bond donors (Lipinski definition) is 2. The molecule has 1 aromatic carbocycles. The lowest BCUT2D eigenvalue weighted by Gasteiger charge is -2.14. The largest absolute Gasteiger partial charge is 0.325 e. The topological polar surface area (TPSA) is 74.8 Å². The molecule has 0 saturated carbocycles. The zero-order chi connectivity index (χ0) is 17.5. The maximum Gasteiger partial charge on any atom is 0.251 e. The Morgan fingerprint density at radius 2 is 2.12 bits per heavy atom. The minimum Gasteiger partial charge on any atom is -0.325 e. The number of aromatic amines is 1. The van der Waals surface area contributed by atoms with Gasteiger partial charge in [-0.2, -0.15) is 0 Å². The first-order valence-corrected chi connectivity index (χ1v) is 9.04. The molecule has 1 heterocycles. The number of aromatic nitrogens is 2. The predicted octanol–water partition coefficient (Wildman–Crippen LogP) is 3.54. The Labute approximate surface area is 146 Å². The smallest absolute Gasteiger partial charge is 0.251 e. The number of benzene rings is 1. The zero-order valence-corrected chi connectivity index (χ0v) is 15.1. The van der Waals surface area contributed by atoms with Gasteiger partial charge in [-0.15, -0.1) is 0 Å². The maximum absolute atomic E-state index is 12.5. The van der Waals surface area contributed by atoms with Gasteiger partial charge in [-0.05, 0) is 37.5 Å². The molecule has 128 valence electrons. The van der Waals surface area contributed by atoms with Gasteiger partial charge in [-0.1, -0.05) is 44.2 Å². The lowest BCUT2D eigenvalue weighted by atomic mass is 10.2. The van der Waals surface area contributed by atoms with Gasteiger partial charge < -0.3 is 10.3 Å². The lowest BCUT2D eigenvalue weighted by molar-refractivity contribution is -0.115. The van der Waals surface area contributed by atoms with Crippen molar-refractivity contribution in [2.45, 2.75) is 50.4 Å². The van der Waals surface area contributed by atoms with Gasteiger partial charge >= 0.3 is 0 Å². The van der Waals surface area contributed by atoms with Gasteiger partial charge in [0.1, 0.15) is 0 Å². The molecule has 2 N–H and O–H groups in total. The molecule has 24 heavy (non-hydrogen) atoms. The molecule has 0 aliphatic heterocycles. The molecule has 0 aliphatic carbocycles. The summed E-state index contributed by atoms with van der Waals surface area (Å²) in [5.41, 5.74) is 2.45. The van der Waals surface area contributed by atoms with Gasteiger partial charge in [0, 0.05) is 17.4 Å². The summed E-state index contributed by atoms with van der Waals surface area (Å²) in [5.74, 6) is -0.0864. The van der Waals surface area contributed by atoms with Crippen LogP contribution in [0.3, 0.4) is 0 Å². The van der Waals surface area contributed by atoms with Crippen molar-refractivity contribution in [1.29, 1.82) is 0 Å². The average molecular weight is 345 g/mol. The van der Waals surface area contributed by atoms with Crippen molar-refractivity contribution >= 4 is 23.4 Å². The SMILES string of the molecule is CCCc1cc(=O)[nH]c(SC(CC)C(=O)Nc2cccc(C)c2)n1. The van der Waals surface area contributed by atoms with E-state index >= 15 is 0 Å². The molecule has 0 spiro atoms. The normalized spacial score (nSPS) is 12.0. The van der Waals surface area contributed by atoms with Crippen LogP contribution in [0.5, 0.6) is 0 Å². The Hall–Kier alpha value is -2.08. The van der Waals surface area contributed by atoms with Gasteiger partial charge in [0.2, 0.25) is 5.91 Å². The summed E-state index contributed by atoms with van der Waals surface area (Å²) in [6, 6.07) is 9.20. The van der Waals surface area contributed by atoms with E-state index in [1.54, 1.807) is 0 Å². The Bertz CT molecular complexity index is 758. The van der Waals surface area contributed by atoms with Crippen molar-refractivity contribution in [3.8, 4) is 0 Å². The average Bonchev–Trinajstić information content (AvgIpc) is 2.52. The summed E-state index contributed by atoms with van der Waals surface area (Å²) in [6.07, 6.45) is 2.32. The first-order valence-electron chi connectivity index (χ1n) is 8.16. The van der Waals surface area contributed by atoms with Crippen molar-refractivity contribution in [3.05, 3.63) is 51.9 Å². The summed E-state index contributed by atoms with van der Waals surface area (Å²) in [7, 11) is 0. The van der Waals surface area contributed by atoms with Gasteiger partial charge in [0.15, 0.2) is 5.16 Å². The molecule has 0 fully saturated rings. The summed E-state index contributed by atoms with van der Waals surface area (Å²) < 4.78 is 0. The number of carbonyl (C=O) groups excluding carboxylic acids is 1. The quantitative estimate of drug-likeness (QED) is 0.594. The monoisotopic (exact) mass is 345 g/mol. The fourth-order valence-corrected chi connectivity index (χ4v) is 3.26. The van der Waals surface area contributed by atoms with E-state index < -0.39 is 0 Å². The maximum atomic E-state index is 12.5. The highest BCUT2D eigenvalue weighted by Crippen LogP contribution is 2.23. The van der Waals surface area contributed by atoms with Gasteiger partial charge in [-0.3, -0.25) is 9.59 Å². The third kappa shape index (κ3) is 5.23. The van der Waals surface area contributed by atoms with Crippen molar-refractivity contribution in [3.63, 3.8) is 0 Å². The Morgan fingerprint density at radius 3 is 2.79 bits per heavy atom. The summed E-state index contributed by atoms with van der Waals surface area (Å²) in [5, 5.41) is 3.11. The zero-order valence-electron chi connectivity index (χ0n) is 14.3. The summed E-state index contributed by atoms with van der Waals surface area (Å²) in [6.45, 7) is 5.97. The third-order valence-electron chi connectivity index (χ3n) is 3.48. The van der Waals surface area contributed by atoms with E-state index in [0.717, 1.165) is 29.8 Å². The molecular formula is C18H23N3O2S. The van der Waals surface area contributed by atoms with Gasteiger partial charge in [-0.25, -0.2) is 4.98 Å². The van der Waals surface area contributed by atoms with E-state index in [9.17, 15) is 9.59 Å². The van der Waals surface area contributed by atoms with Gasteiger partial charge in [0.25, 0.3) is 5.56 Å². The second-order valence-electron chi connectivity index (χ2n) is 5.67. The second kappa shape index (κ2) is 8.68. The van der Waals surface area contributed by atoms with Crippen LogP contribution in [-0.4, -0.2) is 21.1 Å². The van der Waals surface area contributed by atoms with Crippen LogP contribution in [0.4, 0.5) is 5.69 Å². The van der Waals surface area contributed by atoms with Crippen LogP contribution >= 0.6 is 11.8 Å². The van der Waals surface area contributed by atoms with Crippen LogP contribution in [0, 0.1) is 6.92 Å². The van der Waals surface area contributed by atoms with E-state index in [-0.39, 0.29) is 16.7 Å². The molecule has 0 aliphatic rings. The van der Waals surface area contributed by atoms with Crippen molar-refractivity contribution in [1.82, 2.24) is 9.97 Å². The Balaban J connectivity index is 2.11. The van der Waals surface area contributed by atoms with E-state index in [2.05, 4.69) is 15.3 Å². The van der Waals surface area contributed by atoms with Crippen LogP contribution in [0.25, 0.3) is 0 Å². The number of aryl methyl sites for hydroxylation is 2. The molecule has 1 aromatic heterocycles. The van der Waals surface area contributed by atoms with Crippen LogP contribution < -0.4 is 10.9 Å². The van der Waals surface area contributed by atoms with E-state index in [1.807, 2.05) is 45.0 Å². The molecule has 0 radical (unpaired) electrons.